The number of carbonyl (C=O) groups is 1. The molecule has 1 aliphatic rings. The van der Waals surface area contributed by atoms with Gasteiger partial charge in [-0.2, -0.15) is 0 Å². The Morgan fingerprint density at radius 3 is 2.72 bits per heavy atom. The van der Waals surface area contributed by atoms with Crippen molar-refractivity contribution in [1.29, 1.82) is 0 Å². The fourth-order valence-corrected chi connectivity index (χ4v) is 4.25. The van der Waals surface area contributed by atoms with Crippen LogP contribution in [0, 0.1) is 19.7 Å². The fourth-order valence-electron chi connectivity index (χ4n) is 4.07. The van der Waals surface area contributed by atoms with Crippen molar-refractivity contribution in [3.05, 3.63) is 63.4 Å². The van der Waals surface area contributed by atoms with Crippen LogP contribution < -0.4 is 10.1 Å². The Labute approximate surface area is 177 Å². The standard InChI is InChI=1S/C23H28ClFN2O2/c1-14-15(2)22(29-4)10-8-19(14)16(3)27-11-5-6-18(13-27)26-23(28)17-7-9-21(25)20(24)12-17/h7-10,12,16,18H,5-6,11,13H2,1-4H3,(H,26,28)/t16-,18?/m0/s1. The van der Waals surface area contributed by atoms with Crippen LogP contribution in [0.1, 0.15) is 52.9 Å². The van der Waals surface area contributed by atoms with Gasteiger partial charge in [0.25, 0.3) is 5.91 Å². The highest BCUT2D eigenvalue weighted by molar-refractivity contribution is 6.31. The number of amides is 1. The second kappa shape index (κ2) is 9.14. The zero-order valence-corrected chi connectivity index (χ0v) is 18.1. The highest BCUT2D eigenvalue weighted by Crippen LogP contribution is 2.32. The quantitative estimate of drug-likeness (QED) is 0.737. The van der Waals surface area contributed by atoms with Gasteiger partial charge in [-0.1, -0.05) is 17.7 Å². The second-order valence-corrected chi connectivity index (χ2v) is 8.13. The lowest BCUT2D eigenvalue weighted by Gasteiger charge is -2.38. The zero-order chi connectivity index (χ0) is 21.1. The van der Waals surface area contributed by atoms with Gasteiger partial charge in [-0.15, -0.1) is 0 Å². The van der Waals surface area contributed by atoms with Crippen LogP contribution >= 0.6 is 11.6 Å². The number of ether oxygens (including phenoxy) is 1. The largest absolute Gasteiger partial charge is 0.496 e. The molecule has 1 unspecified atom stereocenters. The van der Waals surface area contributed by atoms with Crippen LogP contribution in [-0.2, 0) is 0 Å². The smallest absolute Gasteiger partial charge is 0.251 e. The van der Waals surface area contributed by atoms with Crippen molar-refractivity contribution in [3.63, 3.8) is 0 Å². The first kappa shape index (κ1) is 21.6. The number of rotatable bonds is 5. The molecule has 0 saturated carbocycles. The monoisotopic (exact) mass is 418 g/mol. The summed E-state index contributed by atoms with van der Waals surface area (Å²) < 4.78 is 18.8. The molecule has 0 radical (unpaired) electrons. The number of methoxy groups -OCH3 is 1. The number of hydrogen-bond acceptors (Lipinski definition) is 3. The number of hydrogen-bond donors (Lipinski definition) is 1. The van der Waals surface area contributed by atoms with Crippen molar-refractivity contribution in [2.24, 2.45) is 0 Å². The molecule has 2 aromatic carbocycles. The molecule has 4 nitrogen and oxygen atoms in total. The summed E-state index contributed by atoms with van der Waals surface area (Å²) in [5.41, 5.74) is 4.06. The third-order valence-electron chi connectivity index (χ3n) is 5.97. The molecule has 1 fully saturated rings. The maximum Gasteiger partial charge on any atom is 0.251 e. The predicted molar refractivity (Wildman–Crippen MR) is 114 cm³/mol. The molecule has 1 saturated heterocycles. The van der Waals surface area contributed by atoms with Gasteiger partial charge in [0.05, 0.1) is 12.1 Å². The number of nitrogens with one attached hydrogen (secondary N) is 1. The van der Waals surface area contributed by atoms with Crippen LogP contribution in [0.2, 0.25) is 5.02 Å². The molecule has 6 heteroatoms. The molecule has 0 bridgehead atoms. The first-order valence-electron chi connectivity index (χ1n) is 9.96. The summed E-state index contributed by atoms with van der Waals surface area (Å²) in [6.07, 6.45) is 1.93. The Kier molecular flexibility index (Phi) is 6.81. The molecular formula is C23H28ClFN2O2. The maximum absolute atomic E-state index is 13.4. The van der Waals surface area contributed by atoms with Crippen molar-refractivity contribution in [2.75, 3.05) is 20.2 Å². The predicted octanol–water partition coefficient (Wildman–Crippen LogP) is 5.06. The van der Waals surface area contributed by atoms with E-state index in [2.05, 4.69) is 37.1 Å². The first-order chi connectivity index (χ1) is 13.8. The molecule has 0 aliphatic carbocycles. The summed E-state index contributed by atoms with van der Waals surface area (Å²) in [5, 5.41) is 3.04. The minimum Gasteiger partial charge on any atom is -0.496 e. The van der Waals surface area contributed by atoms with Gasteiger partial charge in [-0.25, -0.2) is 4.39 Å². The lowest BCUT2D eigenvalue weighted by atomic mass is 9.94. The molecule has 0 aromatic heterocycles. The Morgan fingerprint density at radius 2 is 2.03 bits per heavy atom. The molecule has 1 heterocycles. The molecule has 1 aliphatic heterocycles. The van der Waals surface area contributed by atoms with E-state index in [0.717, 1.165) is 37.2 Å². The SMILES string of the molecule is COc1ccc([C@H](C)N2CCCC(NC(=O)c3ccc(F)c(Cl)c3)C2)c(C)c1C. The van der Waals surface area contributed by atoms with Gasteiger partial charge in [-0.3, -0.25) is 9.69 Å². The van der Waals surface area contributed by atoms with Crippen LogP contribution in [0.25, 0.3) is 0 Å². The van der Waals surface area contributed by atoms with E-state index < -0.39 is 5.82 Å². The average Bonchev–Trinajstić information content (AvgIpc) is 2.71. The van der Waals surface area contributed by atoms with Crippen molar-refractivity contribution in [1.82, 2.24) is 10.2 Å². The highest BCUT2D eigenvalue weighted by Gasteiger charge is 2.27. The molecule has 156 valence electrons. The topological polar surface area (TPSA) is 41.6 Å². The number of halogens is 2. The maximum atomic E-state index is 13.4. The lowest BCUT2D eigenvalue weighted by Crippen LogP contribution is -2.48. The third-order valence-corrected chi connectivity index (χ3v) is 6.26. The average molecular weight is 419 g/mol. The van der Waals surface area contributed by atoms with Crippen molar-refractivity contribution < 1.29 is 13.9 Å². The van der Waals surface area contributed by atoms with E-state index in [9.17, 15) is 9.18 Å². The molecule has 1 N–H and O–H groups in total. The van der Waals surface area contributed by atoms with Crippen molar-refractivity contribution >= 4 is 17.5 Å². The summed E-state index contributed by atoms with van der Waals surface area (Å²) in [6.45, 7) is 8.17. The molecular weight excluding hydrogens is 391 g/mol. The van der Waals surface area contributed by atoms with Crippen LogP contribution in [0.4, 0.5) is 4.39 Å². The number of nitrogens with zero attached hydrogens (tertiary/aromatic N) is 1. The van der Waals surface area contributed by atoms with E-state index in [1.165, 1.54) is 29.3 Å². The molecule has 2 aromatic rings. The van der Waals surface area contributed by atoms with Gasteiger partial charge >= 0.3 is 0 Å². The van der Waals surface area contributed by atoms with Gasteiger partial charge in [0.2, 0.25) is 0 Å². The van der Waals surface area contributed by atoms with Gasteiger partial charge in [-0.05, 0) is 81.1 Å². The number of piperidine rings is 1. The third kappa shape index (κ3) is 4.73. The molecule has 29 heavy (non-hydrogen) atoms. The van der Waals surface area contributed by atoms with Gasteiger partial charge in [0, 0.05) is 24.2 Å². The summed E-state index contributed by atoms with van der Waals surface area (Å²) in [6, 6.07) is 8.50. The highest BCUT2D eigenvalue weighted by atomic mass is 35.5. The van der Waals surface area contributed by atoms with E-state index in [1.807, 2.05) is 6.07 Å². The van der Waals surface area contributed by atoms with E-state index in [0.29, 0.717) is 5.56 Å². The minimum atomic E-state index is -0.522. The first-order valence-corrected chi connectivity index (χ1v) is 10.3. The normalized spacial score (nSPS) is 18.3. The number of carbonyl (C=O) groups excluding carboxylic acids is 1. The van der Waals surface area contributed by atoms with Crippen molar-refractivity contribution in [3.8, 4) is 5.75 Å². The summed E-state index contributed by atoms with van der Waals surface area (Å²) in [7, 11) is 1.69. The van der Waals surface area contributed by atoms with E-state index in [4.69, 9.17) is 16.3 Å². The zero-order valence-electron chi connectivity index (χ0n) is 17.4. The number of benzene rings is 2. The molecule has 2 atom stereocenters. The summed E-state index contributed by atoms with van der Waals surface area (Å²) in [5.74, 6) is 0.161. The summed E-state index contributed by atoms with van der Waals surface area (Å²) >= 11 is 5.81. The van der Waals surface area contributed by atoms with Gasteiger partial charge < -0.3 is 10.1 Å². The Hall–Kier alpha value is -2.11. The Bertz CT molecular complexity index is 903. The van der Waals surface area contributed by atoms with Gasteiger partial charge in [0.15, 0.2) is 0 Å². The molecule has 3 rings (SSSR count). The van der Waals surface area contributed by atoms with Crippen LogP contribution in [0.5, 0.6) is 5.75 Å². The molecule has 1 amide bonds. The van der Waals surface area contributed by atoms with Crippen LogP contribution in [-0.4, -0.2) is 37.0 Å². The minimum absolute atomic E-state index is 0.0399. The van der Waals surface area contributed by atoms with Crippen molar-refractivity contribution in [2.45, 2.75) is 45.7 Å². The second-order valence-electron chi connectivity index (χ2n) is 7.72. The molecule has 0 spiro atoms. The Morgan fingerprint density at radius 1 is 1.28 bits per heavy atom. The van der Waals surface area contributed by atoms with E-state index in [-0.39, 0.29) is 23.0 Å². The van der Waals surface area contributed by atoms with E-state index >= 15 is 0 Å². The van der Waals surface area contributed by atoms with Crippen LogP contribution in [0.3, 0.4) is 0 Å². The Balaban J connectivity index is 1.69. The van der Waals surface area contributed by atoms with Gasteiger partial charge in [0.1, 0.15) is 11.6 Å². The fraction of sp³-hybridized carbons (Fsp3) is 0.435. The summed E-state index contributed by atoms with van der Waals surface area (Å²) in [4.78, 5) is 15.0. The number of likely N-dealkylation sites (tertiary alicyclic amines) is 1. The lowest BCUT2D eigenvalue weighted by molar-refractivity contribution is 0.0880. The van der Waals surface area contributed by atoms with E-state index in [1.54, 1.807) is 7.11 Å². The van der Waals surface area contributed by atoms with Crippen LogP contribution in [0.15, 0.2) is 30.3 Å².